The molecule has 3 rings (SSSR count). The lowest BCUT2D eigenvalue weighted by Crippen LogP contribution is -2.13. The minimum absolute atomic E-state index is 0. The molecule has 3 N–H and O–H groups in total. The van der Waals surface area contributed by atoms with E-state index in [1.807, 2.05) is 42.5 Å². The second-order valence-electron chi connectivity index (χ2n) is 5.04. The van der Waals surface area contributed by atoms with Crippen LogP contribution in [0, 0.1) is 0 Å². The van der Waals surface area contributed by atoms with Crippen molar-refractivity contribution in [1.29, 1.82) is 0 Å². The second kappa shape index (κ2) is 9.00. The van der Waals surface area contributed by atoms with Crippen LogP contribution >= 0.6 is 23.7 Å². The lowest BCUT2D eigenvalue weighted by atomic mass is 10.2. The summed E-state index contributed by atoms with van der Waals surface area (Å²) in [5.74, 6) is 0.804. The van der Waals surface area contributed by atoms with E-state index in [0.29, 0.717) is 29.0 Å². The molecule has 0 aliphatic carbocycles. The average Bonchev–Trinajstić information content (AvgIpc) is 3.01. The van der Waals surface area contributed by atoms with E-state index in [1.165, 1.54) is 11.3 Å². The monoisotopic (exact) mass is 376 g/mol. The van der Waals surface area contributed by atoms with Crippen molar-refractivity contribution in [3.8, 4) is 5.75 Å². The summed E-state index contributed by atoms with van der Waals surface area (Å²) in [4.78, 5) is 19.6. The largest absolute Gasteiger partial charge is 0.485 e. The number of aromatic nitrogens is 2. The van der Waals surface area contributed by atoms with Gasteiger partial charge in [0.15, 0.2) is 16.7 Å². The summed E-state index contributed by atoms with van der Waals surface area (Å²) in [7, 11) is 0. The number of rotatable bonds is 7. The molecular formula is C17H17ClN4O2S. The van der Waals surface area contributed by atoms with E-state index in [4.69, 9.17) is 10.5 Å². The van der Waals surface area contributed by atoms with E-state index in [0.717, 1.165) is 5.56 Å². The SMILES string of the molecule is Cl.NC(=O)Cc1csc(Nc2ncccc2OCc2ccccc2)n1. The number of carbonyl (C=O) groups excluding carboxylic acids is 1. The predicted octanol–water partition coefficient (Wildman–Crippen LogP) is 3.31. The van der Waals surface area contributed by atoms with Gasteiger partial charge in [0.05, 0.1) is 12.1 Å². The number of hydrogen-bond donors (Lipinski definition) is 2. The number of amides is 1. The van der Waals surface area contributed by atoms with Crippen LogP contribution < -0.4 is 15.8 Å². The van der Waals surface area contributed by atoms with Crippen molar-refractivity contribution < 1.29 is 9.53 Å². The molecule has 1 aromatic carbocycles. The van der Waals surface area contributed by atoms with Crippen molar-refractivity contribution in [3.05, 3.63) is 65.3 Å². The van der Waals surface area contributed by atoms with Gasteiger partial charge in [-0.05, 0) is 17.7 Å². The van der Waals surface area contributed by atoms with Gasteiger partial charge in [0.25, 0.3) is 0 Å². The minimum atomic E-state index is -0.406. The summed E-state index contributed by atoms with van der Waals surface area (Å²) in [5.41, 5.74) is 6.89. The topological polar surface area (TPSA) is 90.1 Å². The van der Waals surface area contributed by atoms with Crippen molar-refractivity contribution in [3.63, 3.8) is 0 Å². The third kappa shape index (κ3) is 5.44. The second-order valence-corrected chi connectivity index (χ2v) is 5.89. The molecule has 8 heteroatoms. The highest BCUT2D eigenvalue weighted by molar-refractivity contribution is 7.13. The number of primary amides is 1. The number of benzene rings is 1. The fourth-order valence-corrected chi connectivity index (χ4v) is 2.77. The standard InChI is InChI=1S/C17H16N4O2S.ClH/c18-15(22)9-13-11-24-17(20-13)21-16-14(7-4-8-19-16)23-10-12-5-2-1-3-6-12;/h1-8,11H,9-10H2,(H2,18,22)(H,19,20,21);1H. The molecule has 1 amide bonds. The highest BCUT2D eigenvalue weighted by Gasteiger charge is 2.09. The van der Waals surface area contributed by atoms with Gasteiger partial charge < -0.3 is 15.8 Å². The summed E-state index contributed by atoms with van der Waals surface area (Å²) < 4.78 is 5.84. The van der Waals surface area contributed by atoms with Gasteiger partial charge in [-0.25, -0.2) is 9.97 Å². The summed E-state index contributed by atoms with van der Waals surface area (Å²) in [6, 6.07) is 13.6. The molecule has 0 atom stereocenters. The van der Waals surface area contributed by atoms with Gasteiger partial charge in [0.1, 0.15) is 6.61 Å². The summed E-state index contributed by atoms with van der Waals surface area (Å²) >= 11 is 1.38. The molecule has 25 heavy (non-hydrogen) atoms. The Labute approximate surface area is 155 Å². The van der Waals surface area contributed by atoms with Gasteiger partial charge in [0.2, 0.25) is 5.91 Å². The van der Waals surface area contributed by atoms with Crippen LogP contribution in [0.1, 0.15) is 11.3 Å². The molecule has 0 aliphatic heterocycles. The number of halogens is 1. The van der Waals surface area contributed by atoms with Crippen molar-refractivity contribution in [2.24, 2.45) is 5.73 Å². The molecule has 0 aliphatic rings. The van der Waals surface area contributed by atoms with Crippen LogP contribution in [0.5, 0.6) is 5.75 Å². The first-order valence-electron chi connectivity index (χ1n) is 7.32. The molecule has 0 bridgehead atoms. The highest BCUT2D eigenvalue weighted by atomic mass is 35.5. The lowest BCUT2D eigenvalue weighted by molar-refractivity contribution is -0.117. The van der Waals surface area contributed by atoms with Gasteiger partial charge in [0, 0.05) is 11.6 Å². The first kappa shape index (κ1) is 18.7. The maximum absolute atomic E-state index is 10.9. The molecule has 3 aromatic rings. The quantitative estimate of drug-likeness (QED) is 0.660. The summed E-state index contributed by atoms with van der Waals surface area (Å²) in [6.45, 7) is 0.450. The van der Waals surface area contributed by atoms with Crippen molar-refractivity contribution in [1.82, 2.24) is 9.97 Å². The predicted molar refractivity (Wildman–Crippen MR) is 101 cm³/mol. The zero-order valence-corrected chi connectivity index (χ0v) is 14.8. The number of thiazole rings is 1. The first-order chi connectivity index (χ1) is 11.7. The Hall–Kier alpha value is -2.64. The molecule has 6 nitrogen and oxygen atoms in total. The van der Waals surface area contributed by atoms with Crippen LogP contribution in [-0.2, 0) is 17.8 Å². The Morgan fingerprint density at radius 2 is 2.00 bits per heavy atom. The minimum Gasteiger partial charge on any atom is -0.485 e. The number of pyridine rings is 1. The normalized spacial score (nSPS) is 9.92. The fraction of sp³-hybridized carbons (Fsp3) is 0.118. The van der Waals surface area contributed by atoms with Gasteiger partial charge in [-0.3, -0.25) is 4.79 Å². The molecule has 130 valence electrons. The van der Waals surface area contributed by atoms with Gasteiger partial charge >= 0.3 is 0 Å². The molecule has 0 unspecified atom stereocenters. The third-order valence-corrected chi connectivity index (χ3v) is 3.95. The highest BCUT2D eigenvalue weighted by Crippen LogP contribution is 2.27. The number of ether oxygens (including phenoxy) is 1. The maximum Gasteiger partial charge on any atom is 0.223 e. The average molecular weight is 377 g/mol. The van der Waals surface area contributed by atoms with Crippen LogP contribution in [0.2, 0.25) is 0 Å². The number of nitrogens with one attached hydrogen (secondary N) is 1. The maximum atomic E-state index is 10.9. The van der Waals surface area contributed by atoms with E-state index >= 15 is 0 Å². The molecule has 2 aromatic heterocycles. The Morgan fingerprint density at radius 1 is 1.20 bits per heavy atom. The fourth-order valence-electron chi connectivity index (χ4n) is 2.06. The number of hydrogen-bond acceptors (Lipinski definition) is 6. The van der Waals surface area contributed by atoms with Gasteiger partial charge in [-0.15, -0.1) is 23.7 Å². The van der Waals surface area contributed by atoms with E-state index in [2.05, 4.69) is 15.3 Å². The van der Waals surface area contributed by atoms with Crippen molar-refractivity contribution >= 4 is 40.6 Å². The van der Waals surface area contributed by atoms with E-state index in [9.17, 15) is 4.79 Å². The van der Waals surface area contributed by atoms with Crippen LogP contribution in [0.25, 0.3) is 0 Å². The van der Waals surface area contributed by atoms with Gasteiger partial charge in [-0.1, -0.05) is 30.3 Å². The van der Waals surface area contributed by atoms with E-state index in [1.54, 1.807) is 11.6 Å². The van der Waals surface area contributed by atoms with Crippen LogP contribution in [0.3, 0.4) is 0 Å². The Morgan fingerprint density at radius 3 is 2.76 bits per heavy atom. The van der Waals surface area contributed by atoms with Crippen LogP contribution in [0.15, 0.2) is 54.0 Å². The van der Waals surface area contributed by atoms with Crippen molar-refractivity contribution in [2.75, 3.05) is 5.32 Å². The summed E-state index contributed by atoms with van der Waals surface area (Å²) in [6.07, 6.45) is 1.80. The lowest BCUT2D eigenvalue weighted by Gasteiger charge is -2.10. The Balaban J connectivity index is 0.00000225. The van der Waals surface area contributed by atoms with Crippen LogP contribution in [0.4, 0.5) is 10.9 Å². The van der Waals surface area contributed by atoms with Crippen molar-refractivity contribution in [2.45, 2.75) is 13.0 Å². The number of nitrogens with two attached hydrogens (primary N) is 1. The molecule has 0 saturated heterocycles. The Kier molecular flexibility index (Phi) is 6.73. The molecular weight excluding hydrogens is 360 g/mol. The molecule has 2 heterocycles. The summed E-state index contributed by atoms with van der Waals surface area (Å²) in [5, 5.41) is 5.55. The molecule has 0 radical (unpaired) electrons. The Bertz CT molecular complexity index is 826. The molecule has 0 saturated carbocycles. The number of nitrogens with zero attached hydrogens (tertiary/aromatic N) is 2. The zero-order chi connectivity index (χ0) is 16.8. The van der Waals surface area contributed by atoms with Crippen LogP contribution in [-0.4, -0.2) is 15.9 Å². The third-order valence-electron chi connectivity index (χ3n) is 3.14. The number of anilines is 2. The molecule has 0 fully saturated rings. The molecule has 0 spiro atoms. The van der Waals surface area contributed by atoms with E-state index < -0.39 is 5.91 Å². The first-order valence-corrected chi connectivity index (χ1v) is 8.20. The zero-order valence-electron chi connectivity index (χ0n) is 13.2. The number of carbonyl (C=O) groups is 1. The van der Waals surface area contributed by atoms with Gasteiger partial charge in [-0.2, -0.15) is 0 Å². The smallest absolute Gasteiger partial charge is 0.223 e. The van der Waals surface area contributed by atoms with E-state index in [-0.39, 0.29) is 18.8 Å².